The molecule has 0 bridgehead atoms. The number of nitrogens with two attached hydrogens (primary N) is 1. The zero-order chi connectivity index (χ0) is 12.4. The molecule has 0 amide bonds. The summed E-state index contributed by atoms with van der Waals surface area (Å²) in [6.07, 6.45) is 3.58. The van der Waals surface area contributed by atoms with Crippen LogP contribution in [0.25, 0.3) is 11.0 Å². The lowest BCUT2D eigenvalue weighted by atomic mass is 10.2. The highest BCUT2D eigenvalue weighted by molar-refractivity contribution is 9.10. The van der Waals surface area contributed by atoms with Crippen LogP contribution >= 0.6 is 15.9 Å². The summed E-state index contributed by atoms with van der Waals surface area (Å²) < 4.78 is 0.934. The molecule has 0 aromatic carbocycles. The minimum atomic E-state index is 0.269. The van der Waals surface area contributed by atoms with Crippen LogP contribution in [0.4, 0.5) is 5.69 Å². The first kappa shape index (κ1) is 12.3. The van der Waals surface area contributed by atoms with Crippen LogP contribution in [0.3, 0.4) is 0 Å². The van der Waals surface area contributed by atoms with Gasteiger partial charge in [-0.25, -0.2) is 0 Å². The first-order chi connectivity index (χ1) is 8.13. The number of anilines is 1. The molecule has 0 radical (unpaired) electrons. The van der Waals surface area contributed by atoms with Crippen molar-refractivity contribution in [3.63, 3.8) is 0 Å². The summed E-state index contributed by atoms with van der Waals surface area (Å²) in [7, 11) is 2.02. The van der Waals surface area contributed by atoms with Gasteiger partial charge in [0, 0.05) is 36.5 Å². The lowest BCUT2D eigenvalue weighted by Gasteiger charge is -2.26. The molecule has 4 nitrogen and oxygen atoms in total. The van der Waals surface area contributed by atoms with Crippen molar-refractivity contribution in [1.82, 2.24) is 9.97 Å². The first-order valence-corrected chi connectivity index (χ1v) is 6.26. The number of fused-ring (bicyclic) bond motifs is 1. The lowest BCUT2D eigenvalue weighted by molar-refractivity contribution is 0.697. The van der Waals surface area contributed by atoms with Crippen molar-refractivity contribution in [3.05, 3.63) is 29.0 Å². The van der Waals surface area contributed by atoms with Gasteiger partial charge >= 0.3 is 0 Å². The number of pyridine rings is 2. The molecule has 0 saturated carbocycles. The number of aromatic nitrogens is 2. The standard InChI is InChI=1S/C12H15BrN4/c1-8(6-14)17(2)11-3-4-15-10-5-9(13)7-16-12(10)11/h3-5,7-8H,6,14H2,1-2H3. The highest BCUT2D eigenvalue weighted by Crippen LogP contribution is 2.25. The lowest BCUT2D eigenvalue weighted by Crippen LogP contribution is -2.35. The van der Waals surface area contributed by atoms with Crippen LogP contribution in [-0.4, -0.2) is 29.6 Å². The Hall–Kier alpha value is -1.20. The molecule has 2 aromatic heterocycles. The molecule has 0 fully saturated rings. The van der Waals surface area contributed by atoms with Gasteiger partial charge in [0.1, 0.15) is 5.52 Å². The minimum absolute atomic E-state index is 0.269. The van der Waals surface area contributed by atoms with Crippen LogP contribution < -0.4 is 10.6 Å². The number of halogens is 1. The van der Waals surface area contributed by atoms with Crippen LogP contribution in [0.1, 0.15) is 6.92 Å². The smallest absolute Gasteiger partial charge is 0.112 e. The van der Waals surface area contributed by atoms with E-state index in [1.54, 1.807) is 12.4 Å². The summed E-state index contributed by atoms with van der Waals surface area (Å²) >= 11 is 3.40. The van der Waals surface area contributed by atoms with E-state index in [0.717, 1.165) is 21.2 Å². The van der Waals surface area contributed by atoms with Crippen molar-refractivity contribution >= 4 is 32.7 Å². The van der Waals surface area contributed by atoms with E-state index < -0.39 is 0 Å². The first-order valence-electron chi connectivity index (χ1n) is 5.46. The maximum atomic E-state index is 5.69. The third kappa shape index (κ3) is 2.40. The molecule has 1 atom stereocenters. The predicted octanol–water partition coefficient (Wildman–Crippen LogP) is 2.18. The summed E-state index contributed by atoms with van der Waals surface area (Å²) in [6.45, 7) is 2.70. The van der Waals surface area contributed by atoms with Crippen LogP contribution in [-0.2, 0) is 0 Å². The van der Waals surface area contributed by atoms with Gasteiger partial charge in [-0.05, 0) is 35.0 Å². The zero-order valence-corrected chi connectivity index (χ0v) is 11.5. The molecule has 2 N–H and O–H groups in total. The Kier molecular flexibility index (Phi) is 3.59. The zero-order valence-electron chi connectivity index (χ0n) is 9.89. The highest BCUT2D eigenvalue weighted by Gasteiger charge is 2.12. The Bertz CT molecular complexity index is 529. The maximum Gasteiger partial charge on any atom is 0.112 e. The summed E-state index contributed by atoms with van der Waals surface area (Å²) in [5.41, 5.74) is 8.53. The van der Waals surface area contributed by atoms with Crippen molar-refractivity contribution in [2.24, 2.45) is 5.73 Å². The molecule has 17 heavy (non-hydrogen) atoms. The summed E-state index contributed by atoms with van der Waals surface area (Å²) in [5, 5.41) is 0. The van der Waals surface area contributed by atoms with Gasteiger partial charge in [-0.3, -0.25) is 9.97 Å². The number of likely N-dealkylation sites (N-methyl/N-ethyl adjacent to an activating group) is 1. The van der Waals surface area contributed by atoms with Crippen LogP contribution in [0.2, 0.25) is 0 Å². The van der Waals surface area contributed by atoms with Crippen LogP contribution in [0.5, 0.6) is 0 Å². The van der Waals surface area contributed by atoms with Crippen molar-refractivity contribution in [2.45, 2.75) is 13.0 Å². The van der Waals surface area contributed by atoms with Crippen LogP contribution in [0.15, 0.2) is 29.0 Å². The fourth-order valence-corrected chi connectivity index (χ4v) is 1.99. The Morgan fingerprint density at radius 3 is 2.94 bits per heavy atom. The molecule has 2 aromatic rings. The molecule has 0 spiro atoms. The molecule has 0 aliphatic carbocycles. The maximum absolute atomic E-state index is 5.69. The topological polar surface area (TPSA) is 55.0 Å². The summed E-state index contributed by atoms with van der Waals surface area (Å²) in [6, 6.07) is 4.20. The Morgan fingerprint density at radius 2 is 2.24 bits per heavy atom. The molecule has 2 rings (SSSR count). The fourth-order valence-electron chi connectivity index (χ4n) is 1.67. The predicted molar refractivity (Wildman–Crippen MR) is 74.2 cm³/mol. The number of hydrogen-bond acceptors (Lipinski definition) is 4. The van der Waals surface area contributed by atoms with Crippen LogP contribution in [0, 0.1) is 0 Å². The molecule has 0 aliphatic rings. The van der Waals surface area contributed by atoms with Gasteiger partial charge in [0.2, 0.25) is 0 Å². The highest BCUT2D eigenvalue weighted by atomic mass is 79.9. The molecule has 1 unspecified atom stereocenters. The molecular formula is C12H15BrN4. The van der Waals surface area contributed by atoms with E-state index in [2.05, 4.69) is 37.7 Å². The van der Waals surface area contributed by atoms with Gasteiger partial charge in [-0.1, -0.05) is 0 Å². The van der Waals surface area contributed by atoms with E-state index in [9.17, 15) is 0 Å². The molecule has 5 heteroatoms. The molecule has 90 valence electrons. The van der Waals surface area contributed by atoms with E-state index in [1.165, 1.54) is 0 Å². The average molecular weight is 295 g/mol. The Morgan fingerprint density at radius 1 is 1.47 bits per heavy atom. The van der Waals surface area contributed by atoms with Crippen molar-refractivity contribution in [1.29, 1.82) is 0 Å². The largest absolute Gasteiger partial charge is 0.369 e. The monoisotopic (exact) mass is 294 g/mol. The normalized spacial score (nSPS) is 12.7. The Labute approximate surface area is 109 Å². The number of rotatable bonds is 3. The average Bonchev–Trinajstić information content (AvgIpc) is 2.35. The van der Waals surface area contributed by atoms with Gasteiger partial charge in [-0.15, -0.1) is 0 Å². The van der Waals surface area contributed by atoms with E-state index in [-0.39, 0.29) is 6.04 Å². The second-order valence-electron chi connectivity index (χ2n) is 4.05. The fraction of sp³-hybridized carbons (Fsp3) is 0.333. The number of nitrogens with zero attached hydrogens (tertiary/aromatic N) is 3. The molecule has 2 heterocycles. The van der Waals surface area contributed by atoms with Gasteiger partial charge in [0.15, 0.2) is 0 Å². The second-order valence-corrected chi connectivity index (χ2v) is 4.96. The summed E-state index contributed by atoms with van der Waals surface area (Å²) in [4.78, 5) is 10.9. The molecular weight excluding hydrogens is 280 g/mol. The second kappa shape index (κ2) is 4.98. The number of hydrogen-bond donors (Lipinski definition) is 1. The third-order valence-electron chi connectivity index (χ3n) is 2.91. The van der Waals surface area contributed by atoms with Gasteiger partial charge in [-0.2, -0.15) is 0 Å². The molecule has 0 aliphatic heterocycles. The SMILES string of the molecule is CC(CN)N(C)c1ccnc2cc(Br)cnc12. The van der Waals surface area contributed by atoms with E-state index >= 15 is 0 Å². The van der Waals surface area contributed by atoms with Crippen molar-refractivity contribution in [2.75, 3.05) is 18.5 Å². The summed E-state index contributed by atoms with van der Waals surface area (Å²) in [5.74, 6) is 0. The van der Waals surface area contributed by atoms with Crippen molar-refractivity contribution in [3.8, 4) is 0 Å². The van der Waals surface area contributed by atoms with E-state index in [1.807, 2.05) is 19.2 Å². The van der Waals surface area contributed by atoms with Gasteiger partial charge < -0.3 is 10.6 Å². The quantitative estimate of drug-likeness (QED) is 0.943. The Balaban J connectivity index is 2.54. The van der Waals surface area contributed by atoms with E-state index in [4.69, 9.17) is 5.73 Å². The van der Waals surface area contributed by atoms with Crippen molar-refractivity contribution < 1.29 is 0 Å². The minimum Gasteiger partial charge on any atom is -0.369 e. The molecule has 0 saturated heterocycles. The van der Waals surface area contributed by atoms with Gasteiger partial charge in [0.25, 0.3) is 0 Å². The third-order valence-corrected chi connectivity index (χ3v) is 3.34. The van der Waals surface area contributed by atoms with E-state index in [0.29, 0.717) is 6.54 Å². The van der Waals surface area contributed by atoms with Gasteiger partial charge in [0.05, 0.1) is 11.2 Å².